The third kappa shape index (κ3) is 2.85. The molecule has 3 aromatic rings. The van der Waals surface area contributed by atoms with Crippen LogP contribution in [0.3, 0.4) is 0 Å². The highest BCUT2D eigenvalue weighted by Crippen LogP contribution is 2.41. The average molecular weight is 329 g/mol. The van der Waals surface area contributed by atoms with Crippen molar-refractivity contribution in [1.82, 2.24) is 4.98 Å². The van der Waals surface area contributed by atoms with Crippen LogP contribution in [-0.2, 0) is 0 Å². The Morgan fingerprint density at radius 1 is 1.09 bits per heavy atom. The van der Waals surface area contributed by atoms with Crippen LogP contribution < -0.4 is 9.47 Å². The van der Waals surface area contributed by atoms with Crippen molar-refractivity contribution >= 4 is 28.6 Å². The summed E-state index contributed by atoms with van der Waals surface area (Å²) in [7, 11) is 3.10. The molecule has 0 spiro atoms. The number of ether oxygens (including phenoxy) is 2. The monoisotopic (exact) mass is 329 g/mol. The zero-order valence-corrected chi connectivity index (χ0v) is 13.4. The Bertz CT molecular complexity index is 858. The molecule has 0 amide bonds. The minimum atomic E-state index is -1.00. The van der Waals surface area contributed by atoms with Crippen LogP contribution in [0, 0.1) is 0 Å². The fraction of sp³-hybridized carbons (Fsp3) is 0.118. The van der Waals surface area contributed by atoms with Crippen molar-refractivity contribution in [3.8, 4) is 11.5 Å². The lowest BCUT2D eigenvalue weighted by Gasteiger charge is -2.08. The number of carboxylic acid groups (broad SMARTS) is 1. The van der Waals surface area contributed by atoms with Crippen LogP contribution in [0.2, 0.25) is 0 Å². The number of rotatable bonds is 5. The van der Waals surface area contributed by atoms with Crippen LogP contribution in [0.15, 0.2) is 52.3 Å². The topological polar surface area (TPSA) is 71.6 Å². The van der Waals surface area contributed by atoms with E-state index in [0.717, 1.165) is 10.3 Å². The lowest BCUT2D eigenvalue weighted by Crippen LogP contribution is -1.97. The number of carboxylic acids is 1. The highest BCUT2D eigenvalue weighted by Gasteiger charge is 2.20. The summed E-state index contributed by atoms with van der Waals surface area (Å²) in [5.74, 6) is 0.109. The minimum Gasteiger partial charge on any atom is -0.493 e. The second-order valence-electron chi connectivity index (χ2n) is 4.80. The van der Waals surface area contributed by atoms with Gasteiger partial charge in [0.05, 0.1) is 24.6 Å². The number of hydrogen-bond donors (Lipinski definition) is 2. The van der Waals surface area contributed by atoms with Crippen molar-refractivity contribution in [1.29, 1.82) is 0 Å². The number of aromatic carboxylic acids is 1. The van der Waals surface area contributed by atoms with Gasteiger partial charge in [-0.15, -0.1) is 0 Å². The molecule has 3 rings (SSSR count). The van der Waals surface area contributed by atoms with Gasteiger partial charge in [-0.1, -0.05) is 30.0 Å². The molecule has 0 atom stereocenters. The van der Waals surface area contributed by atoms with E-state index >= 15 is 0 Å². The van der Waals surface area contributed by atoms with Crippen LogP contribution >= 0.6 is 11.8 Å². The second kappa shape index (κ2) is 6.26. The first-order valence-electron chi connectivity index (χ1n) is 6.88. The fourth-order valence-electron chi connectivity index (χ4n) is 2.36. The number of nitrogens with one attached hydrogen (secondary N) is 1. The molecule has 0 saturated heterocycles. The first-order chi connectivity index (χ1) is 11.1. The Labute approximate surface area is 137 Å². The molecule has 0 saturated carbocycles. The molecule has 0 aliphatic carbocycles. The third-order valence-corrected chi connectivity index (χ3v) is 4.57. The summed E-state index contributed by atoms with van der Waals surface area (Å²) in [6.45, 7) is 0. The van der Waals surface area contributed by atoms with Crippen LogP contribution in [0.5, 0.6) is 11.5 Å². The Balaban J connectivity index is 2.20. The van der Waals surface area contributed by atoms with Gasteiger partial charge in [0.15, 0.2) is 11.5 Å². The van der Waals surface area contributed by atoms with Gasteiger partial charge in [0.2, 0.25) is 0 Å². The normalized spacial score (nSPS) is 10.7. The molecule has 1 aromatic heterocycles. The van der Waals surface area contributed by atoms with Gasteiger partial charge in [-0.05, 0) is 18.2 Å². The molecule has 0 bridgehead atoms. The van der Waals surface area contributed by atoms with E-state index in [4.69, 9.17) is 9.47 Å². The molecule has 2 N–H and O–H groups in total. The van der Waals surface area contributed by atoms with Crippen LogP contribution in [0.1, 0.15) is 10.5 Å². The van der Waals surface area contributed by atoms with Crippen LogP contribution in [0.25, 0.3) is 10.9 Å². The summed E-state index contributed by atoms with van der Waals surface area (Å²) >= 11 is 1.40. The maximum Gasteiger partial charge on any atom is 0.353 e. The van der Waals surface area contributed by atoms with Gasteiger partial charge in [0.25, 0.3) is 0 Å². The number of methoxy groups -OCH3 is 2. The largest absolute Gasteiger partial charge is 0.493 e. The predicted molar refractivity (Wildman–Crippen MR) is 88.9 cm³/mol. The summed E-state index contributed by atoms with van der Waals surface area (Å²) in [5.41, 5.74) is 0.850. The molecule has 5 nitrogen and oxygen atoms in total. The molecule has 0 aliphatic heterocycles. The van der Waals surface area contributed by atoms with Crippen molar-refractivity contribution < 1.29 is 19.4 Å². The molecule has 0 unspecified atom stereocenters. The first kappa shape index (κ1) is 15.3. The molecule has 23 heavy (non-hydrogen) atoms. The summed E-state index contributed by atoms with van der Waals surface area (Å²) < 4.78 is 10.6. The smallest absolute Gasteiger partial charge is 0.353 e. The molecule has 2 aromatic carbocycles. The molecule has 118 valence electrons. The van der Waals surface area contributed by atoms with Gasteiger partial charge in [0, 0.05) is 16.3 Å². The number of H-pyrrole nitrogens is 1. The van der Waals surface area contributed by atoms with Crippen molar-refractivity contribution in [2.75, 3.05) is 14.2 Å². The van der Waals surface area contributed by atoms with Gasteiger partial charge in [0.1, 0.15) is 5.69 Å². The average Bonchev–Trinajstić information content (AvgIpc) is 2.92. The van der Waals surface area contributed by atoms with Crippen LogP contribution in [0.4, 0.5) is 0 Å². The number of carbonyl (C=O) groups is 1. The molecule has 6 heteroatoms. The molecule has 0 radical (unpaired) electrons. The maximum absolute atomic E-state index is 11.6. The van der Waals surface area contributed by atoms with Gasteiger partial charge in [-0.3, -0.25) is 0 Å². The Morgan fingerprint density at radius 2 is 1.74 bits per heavy atom. The Morgan fingerprint density at radius 3 is 2.35 bits per heavy atom. The van der Waals surface area contributed by atoms with E-state index in [1.807, 2.05) is 30.3 Å². The molecule has 0 fully saturated rings. The molecular weight excluding hydrogens is 314 g/mol. The van der Waals surface area contributed by atoms with E-state index in [2.05, 4.69) is 4.98 Å². The quantitative estimate of drug-likeness (QED) is 0.739. The van der Waals surface area contributed by atoms with Gasteiger partial charge >= 0.3 is 5.97 Å². The Hall–Kier alpha value is -2.60. The lowest BCUT2D eigenvalue weighted by atomic mass is 10.2. The van der Waals surface area contributed by atoms with Crippen molar-refractivity contribution in [2.24, 2.45) is 0 Å². The lowest BCUT2D eigenvalue weighted by molar-refractivity contribution is 0.0688. The number of hydrogen-bond acceptors (Lipinski definition) is 4. The zero-order chi connectivity index (χ0) is 16.4. The third-order valence-electron chi connectivity index (χ3n) is 3.43. The van der Waals surface area contributed by atoms with Crippen molar-refractivity contribution in [3.05, 3.63) is 48.2 Å². The van der Waals surface area contributed by atoms with Gasteiger partial charge in [-0.2, -0.15) is 0 Å². The molecular formula is C17H15NO4S. The van der Waals surface area contributed by atoms with Crippen molar-refractivity contribution in [3.63, 3.8) is 0 Å². The van der Waals surface area contributed by atoms with E-state index in [1.54, 1.807) is 26.4 Å². The summed E-state index contributed by atoms with van der Waals surface area (Å²) in [6.07, 6.45) is 0. The second-order valence-corrected chi connectivity index (χ2v) is 5.89. The number of fused-ring (bicyclic) bond motifs is 1. The van der Waals surface area contributed by atoms with E-state index in [0.29, 0.717) is 21.9 Å². The standard InChI is InChI=1S/C17H15NO4S/c1-21-13-8-11-12(9-14(13)22-2)18-15(17(19)20)16(11)23-10-6-4-3-5-7-10/h3-9,18H,1-2H3,(H,19,20). The van der Waals surface area contributed by atoms with Gasteiger partial charge in [-0.25, -0.2) is 4.79 Å². The van der Waals surface area contributed by atoms with Gasteiger partial charge < -0.3 is 19.6 Å². The zero-order valence-electron chi connectivity index (χ0n) is 12.6. The predicted octanol–water partition coefficient (Wildman–Crippen LogP) is 4.03. The first-order valence-corrected chi connectivity index (χ1v) is 7.69. The minimum absolute atomic E-state index is 0.157. The summed E-state index contributed by atoms with van der Waals surface area (Å²) in [4.78, 5) is 16.2. The van der Waals surface area contributed by atoms with E-state index < -0.39 is 5.97 Å². The molecule has 0 aliphatic rings. The summed E-state index contributed by atoms with van der Waals surface area (Å²) in [5, 5.41) is 10.3. The fourth-order valence-corrected chi connectivity index (χ4v) is 3.41. The highest BCUT2D eigenvalue weighted by molar-refractivity contribution is 7.99. The number of aromatic amines is 1. The maximum atomic E-state index is 11.6. The highest BCUT2D eigenvalue weighted by atomic mass is 32.2. The summed E-state index contributed by atoms with van der Waals surface area (Å²) in [6, 6.07) is 13.2. The molecule has 1 heterocycles. The van der Waals surface area contributed by atoms with E-state index in [-0.39, 0.29) is 5.69 Å². The number of aromatic nitrogens is 1. The van der Waals surface area contributed by atoms with Crippen LogP contribution in [-0.4, -0.2) is 30.3 Å². The Kier molecular flexibility index (Phi) is 4.16. The SMILES string of the molecule is COc1cc2[nH]c(C(=O)O)c(Sc3ccccc3)c2cc1OC. The van der Waals surface area contributed by atoms with Crippen molar-refractivity contribution in [2.45, 2.75) is 9.79 Å². The number of benzene rings is 2. The van der Waals surface area contributed by atoms with E-state index in [9.17, 15) is 9.90 Å². The van der Waals surface area contributed by atoms with E-state index in [1.165, 1.54) is 11.8 Å².